The summed E-state index contributed by atoms with van der Waals surface area (Å²) in [6, 6.07) is 10.2. The lowest BCUT2D eigenvalue weighted by atomic mass is 10.1. The fourth-order valence-electron chi connectivity index (χ4n) is 2.03. The molecule has 0 saturated heterocycles. The Labute approximate surface area is 124 Å². The van der Waals surface area contributed by atoms with Crippen LogP contribution < -0.4 is 10.0 Å². The largest absolute Gasteiger partial charge is 0.326 e. The summed E-state index contributed by atoms with van der Waals surface area (Å²) >= 11 is 0. The highest BCUT2D eigenvalue weighted by molar-refractivity contribution is 7.92. The predicted molar refractivity (Wildman–Crippen MR) is 81.1 cm³/mol. The number of rotatable bonds is 4. The van der Waals surface area contributed by atoms with E-state index in [1.54, 1.807) is 18.2 Å². The van der Waals surface area contributed by atoms with Gasteiger partial charge in [0.1, 0.15) is 5.82 Å². The number of benzene rings is 2. The van der Waals surface area contributed by atoms with Gasteiger partial charge in [-0.1, -0.05) is 12.1 Å². The van der Waals surface area contributed by atoms with Gasteiger partial charge in [-0.05, 0) is 48.4 Å². The normalized spacial score (nSPS) is 11.4. The lowest BCUT2D eigenvalue weighted by molar-refractivity contribution is 0.594. The van der Waals surface area contributed by atoms with Crippen molar-refractivity contribution in [1.29, 1.82) is 0 Å². The number of nitrogens with zero attached hydrogens (tertiary/aromatic N) is 1. The van der Waals surface area contributed by atoms with Gasteiger partial charge in [0, 0.05) is 13.6 Å². The van der Waals surface area contributed by atoms with Gasteiger partial charge in [0.05, 0.1) is 10.6 Å². The third kappa shape index (κ3) is 3.06. The summed E-state index contributed by atoms with van der Waals surface area (Å²) in [5.74, 6) is -0.482. The minimum absolute atomic E-state index is 0.156. The van der Waals surface area contributed by atoms with E-state index in [-0.39, 0.29) is 10.6 Å². The molecule has 0 saturated carbocycles. The molecule has 0 amide bonds. The molecule has 2 rings (SSSR count). The summed E-state index contributed by atoms with van der Waals surface area (Å²) < 4.78 is 39.4. The van der Waals surface area contributed by atoms with Crippen molar-refractivity contribution in [1.82, 2.24) is 0 Å². The van der Waals surface area contributed by atoms with Gasteiger partial charge in [-0.25, -0.2) is 12.8 Å². The summed E-state index contributed by atoms with van der Waals surface area (Å²) in [4.78, 5) is 0.156. The highest BCUT2D eigenvalue weighted by Gasteiger charge is 2.22. The van der Waals surface area contributed by atoms with Crippen LogP contribution in [-0.4, -0.2) is 15.5 Å². The highest BCUT2D eigenvalue weighted by atomic mass is 32.2. The summed E-state index contributed by atoms with van der Waals surface area (Å²) in [6.45, 7) is 2.16. The van der Waals surface area contributed by atoms with Crippen molar-refractivity contribution in [2.24, 2.45) is 5.73 Å². The Hall–Kier alpha value is -1.92. The van der Waals surface area contributed by atoms with Crippen LogP contribution in [0.5, 0.6) is 0 Å². The van der Waals surface area contributed by atoms with E-state index in [2.05, 4.69) is 0 Å². The van der Waals surface area contributed by atoms with Gasteiger partial charge in [-0.3, -0.25) is 4.31 Å². The maximum atomic E-state index is 13.2. The number of sulfonamides is 1. The van der Waals surface area contributed by atoms with Gasteiger partial charge in [0.25, 0.3) is 10.0 Å². The summed E-state index contributed by atoms with van der Waals surface area (Å²) in [6.07, 6.45) is 0. The fourth-order valence-corrected chi connectivity index (χ4v) is 3.30. The average Bonchev–Trinajstić information content (AvgIpc) is 2.46. The van der Waals surface area contributed by atoms with Crippen LogP contribution in [0.4, 0.5) is 10.1 Å². The minimum atomic E-state index is -3.73. The number of aryl methyl sites for hydroxylation is 1. The second-order valence-electron chi connectivity index (χ2n) is 4.74. The van der Waals surface area contributed by atoms with Crippen LogP contribution in [0.15, 0.2) is 47.4 Å². The third-order valence-corrected chi connectivity index (χ3v) is 5.15. The first-order valence-electron chi connectivity index (χ1n) is 6.40. The Balaban J connectivity index is 2.44. The molecule has 4 nitrogen and oxygen atoms in total. The molecule has 0 aromatic heterocycles. The van der Waals surface area contributed by atoms with E-state index in [1.807, 2.05) is 6.92 Å². The molecule has 0 aliphatic carbocycles. The van der Waals surface area contributed by atoms with Gasteiger partial charge >= 0.3 is 0 Å². The van der Waals surface area contributed by atoms with Crippen molar-refractivity contribution in [3.63, 3.8) is 0 Å². The molecule has 21 heavy (non-hydrogen) atoms. The van der Waals surface area contributed by atoms with Crippen LogP contribution in [0.25, 0.3) is 0 Å². The molecule has 0 bridgehead atoms. The Morgan fingerprint density at radius 1 is 1.19 bits per heavy atom. The molecule has 0 fully saturated rings. The monoisotopic (exact) mass is 308 g/mol. The van der Waals surface area contributed by atoms with Crippen LogP contribution in [0.2, 0.25) is 0 Å². The molecule has 0 atom stereocenters. The zero-order valence-electron chi connectivity index (χ0n) is 11.9. The molecule has 0 aliphatic rings. The molecule has 112 valence electrons. The molecule has 2 N–H and O–H groups in total. The highest BCUT2D eigenvalue weighted by Crippen LogP contribution is 2.24. The third-order valence-electron chi connectivity index (χ3n) is 3.36. The van der Waals surface area contributed by atoms with Crippen LogP contribution >= 0.6 is 0 Å². The SMILES string of the molecule is Cc1cc(S(=O)(=O)N(C)c2cccc(F)c2)ccc1CN. The second kappa shape index (κ2) is 5.83. The Morgan fingerprint density at radius 2 is 1.90 bits per heavy atom. The maximum Gasteiger partial charge on any atom is 0.264 e. The smallest absolute Gasteiger partial charge is 0.264 e. The molecule has 2 aromatic rings. The number of hydrogen-bond acceptors (Lipinski definition) is 3. The molecular weight excluding hydrogens is 291 g/mol. The molecule has 2 aromatic carbocycles. The Bertz CT molecular complexity index is 760. The molecule has 0 unspecified atom stereocenters. The van der Waals surface area contributed by atoms with Gasteiger partial charge in [-0.2, -0.15) is 0 Å². The lowest BCUT2D eigenvalue weighted by Crippen LogP contribution is -2.26. The van der Waals surface area contributed by atoms with E-state index >= 15 is 0 Å². The van der Waals surface area contributed by atoms with Gasteiger partial charge in [0.15, 0.2) is 0 Å². The van der Waals surface area contributed by atoms with E-state index in [0.717, 1.165) is 15.4 Å². The van der Waals surface area contributed by atoms with Crippen LogP contribution in [0.3, 0.4) is 0 Å². The van der Waals surface area contributed by atoms with E-state index in [1.165, 1.54) is 31.3 Å². The van der Waals surface area contributed by atoms with E-state index in [9.17, 15) is 12.8 Å². The lowest BCUT2D eigenvalue weighted by Gasteiger charge is -2.20. The van der Waals surface area contributed by atoms with Crippen LogP contribution in [-0.2, 0) is 16.6 Å². The van der Waals surface area contributed by atoms with Gasteiger partial charge in [-0.15, -0.1) is 0 Å². The van der Waals surface area contributed by atoms with Crippen molar-refractivity contribution in [2.75, 3.05) is 11.4 Å². The summed E-state index contributed by atoms with van der Waals surface area (Å²) in [7, 11) is -2.33. The standard InChI is InChI=1S/C15H17FN2O2S/c1-11-8-15(7-6-12(11)10-17)21(19,20)18(2)14-5-3-4-13(16)9-14/h3-9H,10,17H2,1-2H3. The van der Waals surface area contributed by atoms with Crippen molar-refractivity contribution < 1.29 is 12.8 Å². The molecule has 0 aliphatic heterocycles. The minimum Gasteiger partial charge on any atom is -0.326 e. The Morgan fingerprint density at radius 3 is 2.48 bits per heavy atom. The van der Waals surface area contributed by atoms with Crippen molar-refractivity contribution in [3.8, 4) is 0 Å². The Kier molecular flexibility index (Phi) is 4.29. The molecule has 0 heterocycles. The first kappa shape index (κ1) is 15.5. The van der Waals surface area contributed by atoms with Gasteiger partial charge < -0.3 is 5.73 Å². The van der Waals surface area contributed by atoms with Gasteiger partial charge in [0.2, 0.25) is 0 Å². The zero-order valence-corrected chi connectivity index (χ0v) is 12.7. The van der Waals surface area contributed by atoms with Crippen LogP contribution in [0, 0.1) is 12.7 Å². The number of hydrogen-bond donors (Lipinski definition) is 1. The number of nitrogens with two attached hydrogens (primary N) is 1. The molecule has 0 spiro atoms. The quantitative estimate of drug-likeness (QED) is 0.943. The topological polar surface area (TPSA) is 63.4 Å². The number of halogens is 1. The number of anilines is 1. The predicted octanol–water partition coefficient (Wildman–Crippen LogP) is 2.42. The zero-order chi connectivity index (χ0) is 15.6. The average molecular weight is 308 g/mol. The molecule has 0 radical (unpaired) electrons. The fraction of sp³-hybridized carbons (Fsp3) is 0.200. The van der Waals surface area contributed by atoms with Crippen molar-refractivity contribution >= 4 is 15.7 Å². The first-order valence-corrected chi connectivity index (χ1v) is 7.84. The second-order valence-corrected chi connectivity index (χ2v) is 6.71. The maximum absolute atomic E-state index is 13.2. The van der Waals surface area contributed by atoms with Crippen molar-refractivity contribution in [3.05, 3.63) is 59.4 Å². The molecule has 6 heteroatoms. The van der Waals surface area contributed by atoms with E-state index < -0.39 is 15.8 Å². The van der Waals surface area contributed by atoms with E-state index in [0.29, 0.717) is 6.54 Å². The van der Waals surface area contributed by atoms with Crippen molar-refractivity contribution in [2.45, 2.75) is 18.4 Å². The summed E-state index contributed by atoms with van der Waals surface area (Å²) in [5, 5.41) is 0. The molecular formula is C15H17FN2O2S. The van der Waals surface area contributed by atoms with E-state index in [4.69, 9.17) is 5.73 Å². The first-order chi connectivity index (χ1) is 9.86. The summed E-state index contributed by atoms with van der Waals surface area (Å²) in [5.41, 5.74) is 7.55. The van der Waals surface area contributed by atoms with Crippen LogP contribution in [0.1, 0.15) is 11.1 Å².